The summed E-state index contributed by atoms with van der Waals surface area (Å²) in [5, 5.41) is 21.7. The second-order valence-electron chi connectivity index (χ2n) is 3.44. The molecule has 7 nitrogen and oxygen atoms in total. The van der Waals surface area contributed by atoms with Gasteiger partial charge in [-0.3, -0.25) is 10.1 Å². The zero-order valence-corrected chi connectivity index (χ0v) is 10.5. The van der Waals surface area contributed by atoms with Gasteiger partial charge in [0.1, 0.15) is 17.5 Å². The van der Waals surface area contributed by atoms with Crippen LogP contribution in [0.1, 0.15) is 0 Å². The van der Waals surface area contributed by atoms with Gasteiger partial charge in [0, 0.05) is 12.1 Å². The number of nitrogens with one attached hydrogen (secondary N) is 1. The van der Waals surface area contributed by atoms with E-state index >= 15 is 0 Å². The number of methoxy groups -OCH3 is 1. The topological polar surface area (TPSA) is 102 Å². The molecule has 1 unspecified atom stereocenters. The molecule has 0 radical (unpaired) electrons. The van der Waals surface area contributed by atoms with Crippen molar-refractivity contribution in [3.8, 4) is 0 Å². The number of aliphatic hydroxyl groups is 1. The summed E-state index contributed by atoms with van der Waals surface area (Å²) in [6.07, 6.45) is 0. The van der Waals surface area contributed by atoms with Crippen molar-refractivity contribution in [3.63, 3.8) is 0 Å². The number of esters is 1. The number of carbonyl (C=O) groups excluding carboxylic acids is 1. The van der Waals surface area contributed by atoms with Crippen LogP contribution in [0.3, 0.4) is 0 Å². The fourth-order valence-electron chi connectivity index (χ4n) is 1.31. The molecule has 19 heavy (non-hydrogen) atoms. The van der Waals surface area contributed by atoms with Crippen LogP contribution in [0, 0.1) is 15.9 Å². The molecule has 0 heterocycles. The Hall–Kier alpha value is -1.93. The highest BCUT2D eigenvalue weighted by Gasteiger charge is 2.24. The lowest BCUT2D eigenvalue weighted by molar-refractivity contribution is -0.384. The SMILES string of the molecule is COC(=O)C(CO)Nc1cc(F)c(Cl)cc1[N+](=O)[O-]. The molecule has 0 amide bonds. The number of rotatable bonds is 5. The molecule has 0 bridgehead atoms. The van der Waals surface area contributed by atoms with Gasteiger partial charge in [-0.15, -0.1) is 0 Å². The molecule has 1 atom stereocenters. The van der Waals surface area contributed by atoms with Crippen molar-refractivity contribution in [2.75, 3.05) is 19.0 Å². The van der Waals surface area contributed by atoms with E-state index in [2.05, 4.69) is 10.1 Å². The van der Waals surface area contributed by atoms with Crippen molar-refractivity contribution in [2.45, 2.75) is 6.04 Å². The molecule has 1 rings (SSSR count). The van der Waals surface area contributed by atoms with E-state index < -0.39 is 40.1 Å². The van der Waals surface area contributed by atoms with Gasteiger partial charge >= 0.3 is 5.97 Å². The highest BCUT2D eigenvalue weighted by Crippen LogP contribution is 2.30. The molecule has 0 aliphatic carbocycles. The first kappa shape index (κ1) is 15.1. The molecule has 1 aromatic carbocycles. The minimum Gasteiger partial charge on any atom is -0.467 e. The zero-order chi connectivity index (χ0) is 14.6. The second kappa shape index (κ2) is 6.30. The van der Waals surface area contributed by atoms with Crippen LogP contribution in [0.5, 0.6) is 0 Å². The number of nitro benzene ring substituents is 1. The molecule has 9 heteroatoms. The van der Waals surface area contributed by atoms with Gasteiger partial charge in [-0.25, -0.2) is 9.18 Å². The first-order valence-corrected chi connectivity index (χ1v) is 5.37. The number of halogens is 2. The maximum Gasteiger partial charge on any atom is 0.330 e. The normalized spacial score (nSPS) is 11.8. The molecule has 0 aliphatic rings. The number of hydrogen-bond acceptors (Lipinski definition) is 6. The van der Waals surface area contributed by atoms with Gasteiger partial charge in [0.15, 0.2) is 0 Å². The van der Waals surface area contributed by atoms with Crippen molar-refractivity contribution in [3.05, 3.63) is 33.1 Å². The molecular formula is C10H10ClFN2O5. The van der Waals surface area contributed by atoms with Crippen LogP contribution in [-0.2, 0) is 9.53 Å². The van der Waals surface area contributed by atoms with E-state index in [0.29, 0.717) is 0 Å². The van der Waals surface area contributed by atoms with Gasteiger partial charge in [0.2, 0.25) is 0 Å². The fraction of sp³-hybridized carbons (Fsp3) is 0.300. The van der Waals surface area contributed by atoms with E-state index in [1.807, 2.05) is 0 Å². The molecule has 0 saturated carbocycles. The lowest BCUT2D eigenvalue weighted by atomic mass is 10.2. The third kappa shape index (κ3) is 3.52. The van der Waals surface area contributed by atoms with Crippen molar-refractivity contribution in [1.29, 1.82) is 0 Å². The van der Waals surface area contributed by atoms with E-state index in [4.69, 9.17) is 16.7 Å². The summed E-state index contributed by atoms with van der Waals surface area (Å²) in [6, 6.07) is 0.334. The van der Waals surface area contributed by atoms with E-state index in [-0.39, 0.29) is 5.69 Å². The Morgan fingerprint density at radius 3 is 2.79 bits per heavy atom. The van der Waals surface area contributed by atoms with E-state index in [1.165, 1.54) is 0 Å². The van der Waals surface area contributed by atoms with Crippen LogP contribution in [0.2, 0.25) is 5.02 Å². The van der Waals surface area contributed by atoms with Gasteiger partial charge in [-0.2, -0.15) is 0 Å². The summed E-state index contributed by atoms with van der Waals surface area (Å²) in [5.74, 6) is -1.73. The fourth-order valence-corrected chi connectivity index (χ4v) is 1.47. The maximum atomic E-state index is 13.3. The Bertz CT molecular complexity index is 511. The number of benzene rings is 1. The average molecular weight is 293 g/mol. The van der Waals surface area contributed by atoms with Crippen LogP contribution in [0.25, 0.3) is 0 Å². The van der Waals surface area contributed by atoms with Crippen LogP contribution < -0.4 is 5.32 Å². The zero-order valence-electron chi connectivity index (χ0n) is 9.72. The van der Waals surface area contributed by atoms with Gasteiger partial charge in [-0.1, -0.05) is 11.6 Å². The predicted octanol–water partition coefficient (Wildman–Crippen LogP) is 1.33. The van der Waals surface area contributed by atoms with Crippen molar-refractivity contribution in [1.82, 2.24) is 0 Å². The summed E-state index contributed by atoms with van der Waals surface area (Å²) in [5.41, 5.74) is -0.801. The third-order valence-electron chi connectivity index (χ3n) is 2.23. The average Bonchev–Trinajstić information content (AvgIpc) is 2.38. The molecule has 0 spiro atoms. The molecule has 104 valence electrons. The Labute approximate surface area is 112 Å². The molecule has 0 saturated heterocycles. The van der Waals surface area contributed by atoms with Crippen LogP contribution in [0.4, 0.5) is 15.8 Å². The minimum atomic E-state index is -1.25. The number of nitro groups is 1. The molecule has 2 N–H and O–H groups in total. The Morgan fingerprint density at radius 1 is 1.68 bits per heavy atom. The highest BCUT2D eigenvalue weighted by atomic mass is 35.5. The summed E-state index contributed by atoms with van der Waals surface area (Å²) in [6.45, 7) is -0.673. The van der Waals surface area contributed by atoms with Gasteiger partial charge < -0.3 is 15.2 Å². The number of ether oxygens (including phenoxy) is 1. The Kier molecular flexibility index (Phi) is 5.02. The van der Waals surface area contributed by atoms with Crippen LogP contribution in [-0.4, -0.2) is 35.8 Å². The highest BCUT2D eigenvalue weighted by molar-refractivity contribution is 6.31. The molecule has 1 aromatic rings. The summed E-state index contributed by atoms with van der Waals surface area (Å²) in [4.78, 5) is 21.3. The number of carbonyl (C=O) groups is 1. The first-order chi connectivity index (χ1) is 8.90. The van der Waals surface area contributed by atoms with Crippen LogP contribution >= 0.6 is 11.6 Å². The summed E-state index contributed by atoms with van der Waals surface area (Å²) in [7, 11) is 1.09. The number of hydrogen-bond donors (Lipinski definition) is 2. The van der Waals surface area contributed by atoms with Crippen molar-refractivity contribution in [2.24, 2.45) is 0 Å². The third-order valence-corrected chi connectivity index (χ3v) is 2.52. The summed E-state index contributed by atoms with van der Waals surface area (Å²) >= 11 is 5.44. The molecular weight excluding hydrogens is 283 g/mol. The Balaban J connectivity index is 3.15. The summed E-state index contributed by atoms with van der Waals surface area (Å²) < 4.78 is 17.7. The monoisotopic (exact) mass is 292 g/mol. The predicted molar refractivity (Wildman–Crippen MR) is 64.6 cm³/mol. The molecule has 0 fully saturated rings. The number of anilines is 1. The van der Waals surface area contributed by atoms with E-state index in [0.717, 1.165) is 19.2 Å². The minimum absolute atomic E-state index is 0.281. The van der Waals surface area contributed by atoms with Gasteiger partial charge in [0.25, 0.3) is 5.69 Å². The number of nitrogens with zero attached hydrogens (tertiary/aromatic N) is 1. The van der Waals surface area contributed by atoms with E-state index in [1.54, 1.807) is 0 Å². The number of aliphatic hydroxyl groups excluding tert-OH is 1. The van der Waals surface area contributed by atoms with Gasteiger partial charge in [-0.05, 0) is 0 Å². The van der Waals surface area contributed by atoms with Crippen LogP contribution in [0.15, 0.2) is 12.1 Å². The lowest BCUT2D eigenvalue weighted by Gasteiger charge is -2.15. The largest absolute Gasteiger partial charge is 0.467 e. The maximum absolute atomic E-state index is 13.3. The standard InChI is InChI=1S/C10H10ClFN2O5/c1-19-10(16)8(4-15)13-7-3-6(12)5(11)2-9(7)14(17)18/h2-3,8,13,15H,4H2,1H3. The molecule has 0 aliphatic heterocycles. The van der Waals surface area contributed by atoms with Crippen molar-refractivity contribution < 1.29 is 24.0 Å². The van der Waals surface area contributed by atoms with Crippen molar-refractivity contribution >= 4 is 28.9 Å². The van der Waals surface area contributed by atoms with Gasteiger partial charge in [0.05, 0.1) is 23.7 Å². The quantitative estimate of drug-likeness (QED) is 0.482. The first-order valence-electron chi connectivity index (χ1n) is 4.99. The molecule has 0 aromatic heterocycles. The smallest absolute Gasteiger partial charge is 0.330 e. The Morgan fingerprint density at radius 2 is 2.32 bits per heavy atom. The van der Waals surface area contributed by atoms with E-state index in [9.17, 15) is 19.3 Å². The second-order valence-corrected chi connectivity index (χ2v) is 3.85. The lowest BCUT2D eigenvalue weighted by Crippen LogP contribution is -2.34.